The van der Waals surface area contributed by atoms with Gasteiger partial charge in [-0.05, 0) is 52.9 Å². The Morgan fingerprint density at radius 2 is 2.10 bits per heavy atom. The number of carbonyl (C=O) groups is 1. The molecule has 0 heterocycles. The monoisotopic (exact) mass is 377 g/mol. The molecule has 1 aromatic carbocycles. The van der Waals surface area contributed by atoms with Crippen molar-refractivity contribution in [2.24, 2.45) is 5.92 Å². The van der Waals surface area contributed by atoms with Crippen LogP contribution in [0, 0.1) is 5.92 Å². The minimum absolute atomic E-state index is 0.00652. The molecule has 1 aliphatic carbocycles. The van der Waals surface area contributed by atoms with Gasteiger partial charge in [-0.2, -0.15) is 0 Å². The molecule has 116 valence electrons. The summed E-state index contributed by atoms with van der Waals surface area (Å²) >= 11 is 3.08. The summed E-state index contributed by atoms with van der Waals surface area (Å²) in [6.07, 6.45) is 1.92. The molecule has 0 aromatic heterocycles. The molecule has 0 aliphatic heterocycles. The predicted octanol–water partition coefficient (Wildman–Crippen LogP) is 1.59. The number of carboxylic acid groups (broad SMARTS) is 1. The molecule has 6 nitrogen and oxygen atoms in total. The molecule has 8 heteroatoms. The van der Waals surface area contributed by atoms with Gasteiger partial charge >= 0.3 is 5.97 Å². The van der Waals surface area contributed by atoms with Gasteiger partial charge in [-0.25, -0.2) is 17.9 Å². The molecule has 2 rings (SSSR count). The highest BCUT2D eigenvalue weighted by atomic mass is 79.9. The van der Waals surface area contributed by atoms with E-state index in [1.165, 1.54) is 18.2 Å². The maximum Gasteiger partial charge on any atom is 0.335 e. The normalized spacial score (nSPS) is 22.4. The third-order valence-electron chi connectivity index (χ3n) is 3.62. The van der Waals surface area contributed by atoms with Gasteiger partial charge in [-0.3, -0.25) is 0 Å². The lowest BCUT2D eigenvalue weighted by Gasteiger charge is -2.15. The van der Waals surface area contributed by atoms with Crippen LogP contribution >= 0.6 is 15.9 Å². The molecule has 21 heavy (non-hydrogen) atoms. The van der Waals surface area contributed by atoms with Gasteiger partial charge in [0.05, 0.1) is 16.6 Å². The third-order valence-corrected chi connectivity index (χ3v) is 6.02. The van der Waals surface area contributed by atoms with Crippen LogP contribution in [-0.2, 0) is 10.0 Å². The zero-order chi connectivity index (χ0) is 15.6. The number of sulfonamides is 1. The van der Waals surface area contributed by atoms with Crippen LogP contribution in [0.15, 0.2) is 27.6 Å². The number of aliphatic hydroxyl groups excluding tert-OH is 1. The molecule has 1 aromatic rings. The Kier molecular flexibility index (Phi) is 5.03. The Labute approximate surface area is 131 Å². The largest absolute Gasteiger partial charge is 0.478 e. The van der Waals surface area contributed by atoms with Gasteiger partial charge in [0.25, 0.3) is 0 Å². The van der Waals surface area contributed by atoms with Crippen LogP contribution in [0.5, 0.6) is 0 Å². The molecule has 0 spiro atoms. The lowest BCUT2D eigenvalue weighted by Crippen LogP contribution is -2.32. The first-order valence-corrected chi connectivity index (χ1v) is 8.79. The molecular weight excluding hydrogens is 362 g/mol. The molecule has 0 amide bonds. The molecular formula is C13H16BrNO5S. The number of benzene rings is 1. The van der Waals surface area contributed by atoms with E-state index < -0.39 is 22.1 Å². The van der Waals surface area contributed by atoms with Crippen molar-refractivity contribution >= 4 is 31.9 Å². The van der Waals surface area contributed by atoms with Gasteiger partial charge < -0.3 is 10.2 Å². The van der Waals surface area contributed by atoms with E-state index in [0.717, 1.165) is 12.8 Å². The molecule has 3 N–H and O–H groups in total. The Morgan fingerprint density at radius 1 is 1.38 bits per heavy atom. The lowest BCUT2D eigenvalue weighted by atomic mass is 10.1. The third kappa shape index (κ3) is 3.82. The first-order chi connectivity index (χ1) is 9.81. The smallest absolute Gasteiger partial charge is 0.335 e. The molecule has 0 saturated heterocycles. The van der Waals surface area contributed by atoms with Crippen molar-refractivity contribution in [1.82, 2.24) is 4.72 Å². The van der Waals surface area contributed by atoms with Crippen LogP contribution < -0.4 is 4.72 Å². The van der Waals surface area contributed by atoms with E-state index in [9.17, 15) is 18.3 Å². The summed E-state index contributed by atoms with van der Waals surface area (Å²) in [6.45, 7) is 0.177. The van der Waals surface area contributed by atoms with Crippen LogP contribution in [0.3, 0.4) is 0 Å². The van der Waals surface area contributed by atoms with Crippen LogP contribution in [0.2, 0.25) is 0 Å². The van der Waals surface area contributed by atoms with Crippen molar-refractivity contribution in [3.05, 3.63) is 28.2 Å². The van der Waals surface area contributed by atoms with Crippen molar-refractivity contribution < 1.29 is 23.4 Å². The second-order valence-electron chi connectivity index (χ2n) is 5.06. The maximum absolute atomic E-state index is 12.2. The molecule has 0 radical (unpaired) electrons. The minimum atomic E-state index is -3.75. The number of halogens is 1. The van der Waals surface area contributed by atoms with Gasteiger partial charge in [0.15, 0.2) is 0 Å². The average molecular weight is 378 g/mol. The molecule has 1 aliphatic rings. The van der Waals surface area contributed by atoms with Crippen LogP contribution in [-0.4, -0.2) is 37.2 Å². The van der Waals surface area contributed by atoms with Gasteiger partial charge in [-0.15, -0.1) is 0 Å². The van der Waals surface area contributed by atoms with E-state index in [1.807, 2.05) is 0 Å². The number of rotatable bonds is 5. The Morgan fingerprint density at radius 3 is 2.62 bits per heavy atom. The number of aliphatic hydroxyl groups is 1. The summed E-state index contributed by atoms with van der Waals surface area (Å²) in [5.74, 6) is -1.20. The van der Waals surface area contributed by atoms with E-state index in [4.69, 9.17) is 5.11 Å². The fourth-order valence-corrected chi connectivity index (χ4v) is 4.57. The second-order valence-corrected chi connectivity index (χ2v) is 7.65. The quantitative estimate of drug-likeness (QED) is 0.722. The summed E-state index contributed by atoms with van der Waals surface area (Å²) in [7, 11) is -3.75. The summed E-state index contributed by atoms with van der Waals surface area (Å²) in [6, 6.07) is 3.74. The number of aromatic carboxylic acids is 1. The summed E-state index contributed by atoms with van der Waals surface area (Å²) in [5, 5.41) is 18.6. The van der Waals surface area contributed by atoms with Crippen molar-refractivity contribution in [1.29, 1.82) is 0 Å². The minimum Gasteiger partial charge on any atom is -0.478 e. The van der Waals surface area contributed by atoms with Crippen molar-refractivity contribution in [2.45, 2.75) is 30.3 Å². The Balaban J connectivity index is 2.14. The topological polar surface area (TPSA) is 104 Å². The second kappa shape index (κ2) is 6.43. The Bertz CT molecular complexity index is 646. The molecule has 1 fully saturated rings. The highest BCUT2D eigenvalue weighted by molar-refractivity contribution is 9.10. The number of hydrogen-bond acceptors (Lipinski definition) is 4. The van der Waals surface area contributed by atoms with E-state index >= 15 is 0 Å². The van der Waals surface area contributed by atoms with E-state index in [2.05, 4.69) is 20.7 Å². The number of hydrogen-bond donors (Lipinski definition) is 3. The molecule has 0 bridgehead atoms. The highest BCUT2D eigenvalue weighted by Gasteiger charge is 2.27. The van der Waals surface area contributed by atoms with Crippen LogP contribution in [0.25, 0.3) is 0 Å². The van der Waals surface area contributed by atoms with Gasteiger partial charge in [0.2, 0.25) is 10.0 Å². The van der Waals surface area contributed by atoms with Crippen molar-refractivity contribution in [3.63, 3.8) is 0 Å². The molecule has 2 unspecified atom stereocenters. The summed E-state index contributed by atoms with van der Waals surface area (Å²) in [4.78, 5) is 10.8. The van der Waals surface area contributed by atoms with Crippen LogP contribution in [0.1, 0.15) is 29.6 Å². The Hall–Kier alpha value is -0.960. The van der Waals surface area contributed by atoms with Crippen LogP contribution in [0.4, 0.5) is 0 Å². The fraction of sp³-hybridized carbons (Fsp3) is 0.462. The van der Waals surface area contributed by atoms with E-state index in [0.29, 0.717) is 6.42 Å². The lowest BCUT2D eigenvalue weighted by molar-refractivity contribution is 0.0696. The average Bonchev–Trinajstić information content (AvgIpc) is 2.81. The van der Waals surface area contributed by atoms with Crippen molar-refractivity contribution in [3.8, 4) is 0 Å². The van der Waals surface area contributed by atoms with E-state index in [1.54, 1.807) is 0 Å². The number of carboxylic acids is 1. The van der Waals surface area contributed by atoms with Crippen molar-refractivity contribution in [2.75, 3.05) is 6.54 Å². The zero-order valence-corrected chi connectivity index (χ0v) is 13.5. The summed E-state index contributed by atoms with van der Waals surface area (Å²) < 4.78 is 27.1. The number of nitrogens with one attached hydrogen (secondary N) is 1. The maximum atomic E-state index is 12.2. The van der Waals surface area contributed by atoms with Gasteiger partial charge in [0, 0.05) is 11.0 Å². The standard InChI is InChI=1S/C13H16BrNO5S/c14-10-6-8(13(17)18)4-5-12(10)21(19,20)15-7-9-2-1-3-11(9)16/h4-6,9,11,15-16H,1-3,7H2,(H,17,18). The predicted molar refractivity (Wildman–Crippen MR) is 79.6 cm³/mol. The SMILES string of the molecule is O=C(O)c1ccc(S(=O)(=O)NCC2CCCC2O)c(Br)c1. The van der Waals surface area contributed by atoms with E-state index in [-0.39, 0.29) is 27.4 Å². The zero-order valence-electron chi connectivity index (χ0n) is 11.1. The fourth-order valence-electron chi connectivity index (χ4n) is 2.40. The summed E-state index contributed by atoms with van der Waals surface area (Å²) in [5.41, 5.74) is 0.00652. The first kappa shape index (κ1) is 16.4. The van der Waals surface area contributed by atoms with Gasteiger partial charge in [0.1, 0.15) is 0 Å². The highest BCUT2D eigenvalue weighted by Crippen LogP contribution is 2.27. The molecule has 2 atom stereocenters. The molecule has 1 saturated carbocycles. The van der Waals surface area contributed by atoms with Gasteiger partial charge in [-0.1, -0.05) is 6.42 Å². The first-order valence-electron chi connectivity index (χ1n) is 6.52.